The monoisotopic (exact) mass is 453 g/mol. The molecule has 10 nitrogen and oxygen atoms in total. The molecule has 0 aliphatic carbocycles. The molecule has 4 aromatic rings. The number of rotatable bonds is 6. The Morgan fingerprint density at radius 1 is 1.12 bits per heavy atom. The van der Waals surface area contributed by atoms with Crippen molar-refractivity contribution in [1.82, 2.24) is 29.4 Å². The van der Waals surface area contributed by atoms with Crippen molar-refractivity contribution < 1.29 is 13.2 Å². The Morgan fingerprint density at radius 3 is 2.69 bits per heavy atom. The second-order valence-corrected chi connectivity index (χ2v) is 9.69. The van der Waals surface area contributed by atoms with E-state index in [0.717, 1.165) is 24.0 Å². The third-order valence-electron chi connectivity index (χ3n) is 5.82. The maximum absolute atomic E-state index is 13.0. The van der Waals surface area contributed by atoms with Gasteiger partial charge >= 0.3 is 0 Å². The predicted molar refractivity (Wildman–Crippen MR) is 119 cm³/mol. The number of aromatic nitrogens is 5. The van der Waals surface area contributed by atoms with E-state index in [4.69, 9.17) is 4.74 Å². The highest BCUT2D eigenvalue weighted by Gasteiger charge is 2.43. The molecule has 0 atom stereocenters. The van der Waals surface area contributed by atoms with E-state index in [1.165, 1.54) is 17.1 Å². The molecule has 4 heterocycles. The normalized spacial score (nSPS) is 16.2. The Bertz CT molecular complexity index is 1400. The van der Waals surface area contributed by atoms with Gasteiger partial charge in [0, 0.05) is 38.8 Å². The summed E-state index contributed by atoms with van der Waals surface area (Å²) in [5, 5.41) is 9.28. The molecule has 0 saturated carbocycles. The van der Waals surface area contributed by atoms with Gasteiger partial charge in [-0.2, -0.15) is 10.2 Å². The Morgan fingerprint density at radius 2 is 1.94 bits per heavy atom. The summed E-state index contributed by atoms with van der Waals surface area (Å²) in [5.74, 6) is 0.517. The van der Waals surface area contributed by atoms with E-state index in [1.807, 2.05) is 25.2 Å². The largest absolute Gasteiger partial charge is 0.371 e. The van der Waals surface area contributed by atoms with Crippen LogP contribution in [0.4, 0.5) is 5.69 Å². The molecule has 11 heteroatoms. The lowest BCUT2D eigenvalue weighted by atomic mass is 9.87. The number of hydrogen-bond donors (Lipinski definition) is 1. The average Bonchev–Trinajstić information content (AvgIpc) is 3.40. The van der Waals surface area contributed by atoms with Gasteiger partial charge in [-0.1, -0.05) is 12.1 Å². The van der Waals surface area contributed by atoms with E-state index < -0.39 is 15.6 Å². The number of fused-ring (bicyclic) bond motifs is 1. The number of likely N-dealkylation sites (N-methyl/N-ethyl adjacent to an activating group) is 1. The molecule has 1 aliphatic heterocycles. The molecule has 0 unspecified atom stereocenters. The quantitative estimate of drug-likeness (QED) is 0.474. The van der Waals surface area contributed by atoms with Crippen molar-refractivity contribution in [2.45, 2.75) is 10.5 Å². The minimum atomic E-state index is -3.86. The van der Waals surface area contributed by atoms with Gasteiger partial charge in [-0.25, -0.2) is 18.1 Å². The molecule has 0 bridgehead atoms. The van der Waals surface area contributed by atoms with Crippen LogP contribution in [0.15, 0.2) is 60.0 Å². The third kappa shape index (κ3) is 3.34. The Balaban J connectivity index is 1.45. The second-order valence-electron chi connectivity index (χ2n) is 8.01. The first-order valence-corrected chi connectivity index (χ1v) is 11.5. The highest BCUT2D eigenvalue weighted by atomic mass is 32.2. The van der Waals surface area contributed by atoms with Crippen LogP contribution in [0.5, 0.6) is 0 Å². The number of sulfonamides is 1. The van der Waals surface area contributed by atoms with Crippen molar-refractivity contribution in [3.8, 4) is 5.82 Å². The lowest BCUT2D eigenvalue weighted by Gasteiger charge is -2.47. The number of para-hydroxylation sites is 1. The number of nitrogens with one attached hydrogen (secondary N) is 1. The molecular formula is C21H23N7O3S. The first-order valence-electron chi connectivity index (χ1n) is 10.0. The number of nitrogens with zero attached hydrogens (tertiary/aromatic N) is 6. The summed E-state index contributed by atoms with van der Waals surface area (Å²) >= 11 is 0. The number of ether oxygens (including phenoxy) is 1. The maximum atomic E-state index is 13.0. The summed E-state index contributed by atoms with van der Waals surface area (Å²) in [5.41, 5.74) is 1.74. The molecule has 0 radical (unpaired) electrons. The minimum Gasteiger partial charge on any atom is -0.371 e. The molecule has 1 N–H and O–H groups in total. The number of methoxy groups -OCH3 is 1. The van der Waals surface area contributed by atoms with Gasteiger partial charge in [0.05, 0.1) is 29.8 Å². The Hall–Kier alpha value is -3.28. The second kappa shape index (κ2) is 7.40. The van der Waals surface area contributed by atoms with E-state index in [1.54, 1.807) is 43.4 Å². The number of aryl methyl sites for hydroxylation is 1. The van der Waals surface area contributed by atoms with Crippen LogP contribution < -0.4 is 4.72 Å². The van der Waals surface area contributed by atoms with Crippen LogP contribution >= 0.6 is 0 Å². The van der Waals surface area contributed by atoms with Crippen LogP contribution in [0.1, 0.15) is 5.56 Å². The summed E-state index contributed by atoms with van der Waals surface area (Å²) in [6, 6.07) is 9.16. The predicted octanol–water partition coefficient (Wildman–Crippen LogP) is 1.74. The third-order valence-corrected chi connectivity index (χ3v) is 7.14. The van der Waals surface area contributed by atoms with E-state index in [9.17, 15) is 8.42 Å². The highest BCUT2D eigenvalue weighted by Crippen LogP contribution is 2.34. The fraction of sp³-hybridized carbons (Fsp3) is 0.286. The zero-order chi connectivity index (χ0) is 22.5. The topological polar surface area (TPSA) is 107 Å². The first-order chi connectivity index (χ1) is 15.3. The van der Waals surface area contributed by atoms with E-state index >= 15 is 0 Å². The summed E-state index contributed by atoms with van der Waals surface area (Å²) in [7, 11) is 1.63. The maximum Gasteiger partial charge on any atom is 0.265 e. The summed E-state index contributed by atoms with van der Waals surface area (Å²) < 4.78 is 37.6. The molecule has 1 aliphatic rings. The van der Waals surface area contributed by atoms with Crippen LogP contribution in [0.25, 0.3) is 16.7 Å². The number of pyridine rings is 1. The van der Waals surface area contributed by atoms with Gasteiger partial charge in [0.2, 0.25) is 0 Å². The zero-order valence-corrected chi connectivity index (χ0v) is 18.7. The molecule has 1 saturated heterocycles. The Kier molecular flexibility index (Phi) is 4.77. The van der Waals surface area contributed by atoms with Crippen molar-refractivity contribution in [1.29, 1.82) is 0 Å². The molecule has 166 valence electrons. The van der Waals surface area contributed by atoms with Gasteiger partial charge in [-0.15, -0.1) is 0 Å². The van der Waals surface area contributed by atoms with Crippen molar-refractivity contribution in [2.75, 3.05) is 32.0 Å². The van der Waals surface area contributed by atoms with Gasteiger partial charge in [-0.3, -0.25) is 14.3 Å². The van der Waals surface area contributed by atoms with Gasteiger partial charge in [0.25, 0.3) is 10.0 Å². The number of anilines is 1. The zero-order valence-electron chi connectivity index (χ0n) is 17.9. The molecular weight excluding hydrogens is 430 g/mol. The lowest BCUT2D eigenvalue weighted by Crippen LogP contribution is -2.58. The summed E-state index contributed by atoms with van der Waals surface area (Å²) in [6.45, 7) is 1.55. The summed E-state index contributed by atoms with van der Waals surface area (Å²) in [4.78, 5) is 6.56. The summed E-state index contributed by atoms with van der Waals surface area (Å²) in [6.07, 6.45) is 6.13. The lowest BCUT2D eigenvalue weighted by molar-refractivity contribution is -0.121. The smallest absolute Gasteiger partial charge is 0.265 e. The van der Waals surface area contributed by atoms with E-state index in [2.05, 4.69) is 24.8 Å². The fourth-order valence-electron chi connectivity index (χ4n) is 4.17. The van der Waals surface area contributed by atoms with Gasteiger partial charge in [0.1, 0.15) is 10.5 Å². The molecule has 5 rings (SSSR count). The van der Waals surface area contributed by atoms with Crippen LogP contribution in [-0.2, 0) is 27.4 Å². The van der Waals surface area contributed by atoms with Crippen LogP contribution in [0.3, 0.4) is 0 Å². The van der Waals surface area contributed by atoms with Gasteiger partial charge in [0.15, 0.2) is 5.82 Å². The molecule has 1 aromatic carbocycles. The van der Waals surface area contributed by atoms with Crippen molar-refractivity contribution in [2.24, 2.45) is 7.05 Å². The molecule has 1 fully saturated rings. The number of hydrogen-bond acceptors (Lipinski definition) is 7. The van der Waals surface area contributed by atoms with Crippen molar-refractivity contribution in [3.63, 3.8) is 0 Å². The van der Waals surface area contributed by atoms with Crippen LogP contribution in [0.2, 0.25) is 0 Å². The van der Waals surface area contributed by atoms with E-state index in [0.29, 0.717) is 17.0 Å². The van der Waals surface area contributed by atoms with Gasteiger partial charge in [-0.05, 0) is 30.8 Å². The van der Waals surface area contributed by atoms with Crippen molar-refractivity contribution in [3.05, 3.63) is 60.7 Å². The van der Waals surface area contributed by atoms with Crippen LogP contribution in [0, 0.1) is 0 Å². The first kappa shape index (κ1) is 20.6. The standard InChI is InChI=1S/C21H23N7O3S/c1-26-13-21(14-26,31-3)16-7-8-22-19(9-16)28-12-17(11-24-28)32(29,30)25-18-6-4-5-15-10-23-27(2)20(15)18/h4-12,25H,13-14H2,1-3H3. The Labute approximate surface area is 185 Å². The highest BCUT2D eigenvalue weighted by molar-refractivity contribution is 7.92. The van der Waals surface area contributed by atoms with Gasteiger partial charge < -0.3 is 4.74 Å². The number of likely N-dealkylation sites (tertiary alicyclic amines) is 1. The minimum absolute atomic E-state index is 0.0358. The molecule has 32 heavy (non-hydrogen) atoms. The average molecular weight is 454 g/mol. The number of benzene rings is 1. The SMILES string of the molecule is COC1(c2ccnc(-n3cc(S(=O)(=O)Nc4cccc5cnn(C)c45)cn3)c2)CN(C)C1. The van der Waals surface area contributed by atoms with E-state index in [-0.39, 0.29) is 4.90 Å². The molecule has 3 aromatic heterocycles. The van der Waals surface area contributed by atoms with Crippen LogP contribution in [-0.4, -0.2) is 65.1 Å². The molecule has 0 spiro atoms. The molecule has 0 amide bonds. The fourth-order valence-corrected chi connectivity index (χ4v) is 5.17. The van der Waals surface area contributed by atoms with Crippen molar-refractivity contribution >= 4 is 26.6 Å².